The minimum absolute atomic E-state index is 0.275. The number of fused-ring (bicyclic) bond motifs is 1. The van der Waals surface area contributed by atoms with Crippen LogP contribution in [0.2, 0.25) is 0 Å². The average Bonchev–Trinajstić information content (AvgIpc) is 2.56. The maximum atomic E-state index is 9.40. The molecule has 118 valence electrons. The maximum absolute atomic E-state index is 9.40. The van der Waals surface area contributed by atoms with Crippen LogP contribution in [0.3, 0.4) is 0 Å². The summed E-state index contributed by atoms with van der Waals surface area (Å²) in [5, 5.41) is 10.5. The molecule has 1 N–H and O–H groups in total. The lowest BCUT2D eigenvalue weighted by Crippen LogP contribution is -2.31. The largest absolute Gasteiger partial charge is 0.508 e. The number of rotatable bonds is 4. The topological polar surface area (TPSA) is 49.2 Å². The molecule has 1 aromatic heterocycles. The van der Waals surface area contributed by atoms with Gasteiger partial charge in [-0.25, -0.2) is 9.97 Å². The molecular weight excluding hydrogens is 286 g/mol. The Morgan fingerprint density at radius 3 is 2.57 bits per heavy atom. The van der Waals surface area contributed by atoms with Crippen molar-refractivity contribution in [2.45, 2.75) is 26.3 Å². The summed E-state index contributed by atoms with van der Waals surface area (Å²) in [5.41, 5.74) is 3.35. The molecule has 2 aromatic carbocycles. The van der Waals surface area contributed by atoms with Crippen molar-refractivity contribution in [1.29, 1.82) is 0 Å². The second-order valence-electron chi connectivity index (χ2n) is 6.00. The van der Waals surface area contributed by atoms with Crippen LogP contribution in [0.4, 0.5) is 5.82 Å². The Balaban J connectivity index is 1.90. The van der Waals surface area contributed by atoms with E-state index < -0.39 is 0 Å². The minimum atomic E-state index is 0.275. The van der Waals surface area contributed by atoms with Gasteiger partial charge in [-0.1, -0.05) is 24.3 Å². The van der Waals surface area contributed by atoms with Gasteiger partial charge < -0.3 is 10.0 Å². The first-order valence-electron chi connectivity index (χ1n) is 7.77. The third-order valence-electron chi connectivity index (χ3n) is 4.31. The van der Waals surface area contributed by atoms with Crippen molar-refractivity contribution >= 4 is 16.7 Å². The molecule has 0 aliphatic carbocycles. The van der Waals surface area contributed by atoms with Crippen molar-refractivity contribution in [3.05, 3.63) is 59.9 Å². The van der Waals surface area contributed by atoms with E-state index in [9.17, 15) is 5.11 Å². The second-order valence-corrected chi connectivity index (χ2v) is 6.00. The molecule has 1 atom stereocenters. The Hall–Kier alpha value is -2.62. The summed E-state index contributed by atoms with van der Waals surface area (Å²) in [7, 11) is 2.07. The van der Waals surface area contributed by atoms with Gasteiger partial charge in [-0.15, -0.1) is 0 Å². The molecule has 1 heterocycles. The van der Waals surface area contributed by atoms with E-state index in [0.29, 0.717) is 5.75 Å². The van der Waals surface area contributed by atoms with Crippen LogP contribution < -0.4 is 4.90 Å². The van der Waals surface area contributed by atoms with Gasteiger partial charge in [0.15, 0.2) is 0 Å². The summed E-state index contributed by atoms with van der Waals surface area (Å²) in [6.07, 6.45) is 2.51. The van der Waals surface area contributed by atoms with Gasteiger partial charge in [-0.2, -0.15) is 0 Å². The first-order valence-corrected chi connectivity index (χ1v) is 7.77. The summed E-state index contributed by atoms with van der Waals surface area (Å²) in [4.78, 5) is 11.1. The molecule has 0 spiro atoms. The van der Waals surface area contributed by atoms with Gasteiger partial charge in [0.05, 0.1) is 5.52 Å². The molecule has 0 aliphatic rings. The highest BCUT2D eigenvalue weighted by Crippen LogP contribution is 2.27. The van der Waals surface area contributed by atoms with Crippen molar-refractivity contribution in [2.24, 2.45) is 0 Å². The molecule has 4 heteroatoms. The lowest BCUT2D eigenvalue weighted by Gasteiger charge is -2.27. The molecule has 0 fully saturated rings. The van der Waals surface area contributed by atoms with Gasteiger partial charge in [0.2, 0.25) is 0 Å². The van der Waals surface area contributed by atoms with E-state index in [0.717, 1.165) is 23.1 Å². The lowest BCUT2D eigenvalue weighted by atomic mass is 10.0. The van der Waals surface area contributed by atoms with Crippen LogP contribution in [0.15, 0.2) is 48.8 Å². The number of hydrogen-bond acceptors (Lipinski definition) is 4. The Morgan fingerprint density at radius 2 is 1.83 bits per heavy atom. The Morgan fingerprint density at radius 1 is 1.09 bits per heavy atom. The van der Waals surface area contributed by atoms with Crippen molar-refractivity contribution in [2.75, 3.05) is 11.9 Å². The number of aromatic nitrogens is 2. The van der Waals surface area contributed by atoms with Crippen molar-refractivity contribution in [3.63, 3.8) is 0 Å². The van der Waals surface area contributed by atoms with E-state index in [4.69, 9.17) is 0 Å². The highest BCUT2D eigenvalue weighted by Gasteiger charge is 2.16. The molecule has 23 heavy (non-hydrogen) atoms. The zero-order valence-corrected chi connectivity index (χ0v) is 13.7. The van der Waals surface area contributed by atoms with Crippen LogP contribution in [-0.2, 0) is 6.42 Å². The number of phenolic OH excluding ortho intramolecular Hbond substituents is 1. The molecule has 0 saturated carbocycles. The highest BCUT2D eigenvalue weighted by atomic mass is 16.3. The molecule has 0 aliphatic heterocycles. The first-order chi connectivity index (χ1) is 11.1. The standard InChI is InChI=1S/C19H21N3O/c1-13-5-4-6-17-18(13)19(21-12-20-17)22(3)14(2)11-15-7-9-16(23)10-8-15/h4-10,12,14,23H,11H2,1-3H3/t14-/m1/s1. The predicted octanol–water partition coefficient (Wildman–Crippen LogP) is 3.71. The van der Waals surface area contributed by atoms with Crippen LogP contribution in [0, 0.1) is 6.92 Å². The smallest absolute Gasteiger partial charge is 0.140 e. The summed E-state index contributed by atoms with van der Waals surface area (Å²) in [6, 6.07) is 13.8. The normalized spacial score (nSPS) is 12.3. The van der Waals surface area contributed by atoms with Gasteiger partial charge in [0.25, 0.3) is 0 Å². The number of likely N-dealkylation sites (N-methyl/N-ethyl adjacent to an activating group) is 1. The number of aromatic hydroxyl groups is 1. The number of nitrogens with zero attached hydrogens (tertiary/aromatic N) is 3. The quantitative estimate of drug-likeness (QED) is 0.798. The fraction of sp³-hybridized carbons (Fsp3) is 0.263. The molecule has 0 bridgehead atoms. The van der Waals surface area contributed by atoms with Gasteiger partial charge in [0, 0.05) is 18.5 Å². The summed E-state index contributed by atoms with van der Waals surface area (Å²) in [5.74, 6) is 1.26. The lowest BCUT2D eigenvalue weighted by molar-refractivity contribution is 0.475. The van der Waals surface area contributed by atoms with Crippen LogP contribution in [0.1, 0.15) is 18.1 Å². The van der Waals surface area contributed by atoms with E-state index in [1.54, 1.807) is 18.5 Å². The maximum Gasteiger partial charge on any atom is 0.140 e. The molecule has 0 unspecified atom stereocenters. The fourth-order valence-electron chi connectivity index (χ4n) is 2.85. The van der Waals surface area contributed by atoms with Gasteiger partial charge in [0.1, 0.15) is 17.9 Å². The fourth-order valence-corrected chi connectivity index (χ4v) is 2.85. The highest BCUT2D eigenvalue weighted by molar-refractivity contribution is 5.92. The Labute approximate surface area is 136 Å². The van der Waals surface area contributed by atoms with E-state index >= 15 is 0 Å². The van der Waals surface area contributed by atoms with E-state index in [2.05, 4.69) is 41.8 Å². The summed E-state index contributed by atoms with van der Waals surface area (Å²) < 4.78 is 0. The number of anilines is 1. The Kier molecular flexibility index (Phi) is 4.15. The zero-order chi connectivity index (χ0) is 16.4. The predicted molar refractivity (Wildman–Crippen MR) is 94.0 cm³/mol. The number of benzene rings is 2. The second kappa shape index (κ2) is 6.24. The molecule has 0 radical (unpaired) electrons. The van der Waals surface area contributed by atoms with Crippen LogP contribution in [0.5, 0.6) is 5.75 Å². The molecule has 4 nitrogen and oxygen atoms in total. The summed E-state index contributed by atoms with van der Waals surface area (Å²) >= 11 is 0. The molecule has 3 aromatic rings. The van der Waals surface area contributed by atoms with Gasteiger partial charge in [-0.3, -0.25) is 0 Å². The average molecular weight is 307 g/mol. The van der Waals surface area contributed by atoms with Crippen LogP contribution in [-0.4, -0.2) is 28.2 Å². The number of aryl methyl sites for hydroxylation is 1. The monoisotopic (exact) mass is 307 g/mol. The van der Waals surface area contributed by atoms with Crippen LogP contribution >= 0.6 is 0 Å². The summed E-state index contributed by atoms with van der Waals surface area (Å²) in [6.45, 7) is 4.27. The SMILES string of the molecule is Cc1cccc2ncnc(N(C)[C@H](C)Cc3ccc(O)cc3)c12. The third kappa shape index (κ3) is 3.11. The minimum Gasteiger partial charge on any atom is -0.508 e. The van der Waals surface area contributed by atoms with Gasteiger partial charge in [-0.05, 0) is 49.6 Å². The van der Waals surface area contributed by atoms with Crippen molar-refractivity contribution in [3.8, 4) is 5.75 Å². The molecule has 0 amide bonds. The number of hydrogen-bond donors (Lipinski definition) is 1. The molecular formula is C19H21N3O. The van der Waals surface area contributed by atoms with Crippen LogP contribution in [0.25, 0.3) is 10.9 Å². The Bertz CT molecular complexity index is 809. The first kappa shape index (κ1) is 15.3. The number of phenols is 1. The van der Waals surface area contributed by atoms with Crippen molar-refractivity contribution in [1.82, 2.24) is 9.97 Å². The van der Waals surface area contributed by atoms with Crippen molar-refractivity contribution < 1.29 is 5.11 Å². The van der Waals surface area contributed by atoms with E-state index in [1.165, 1.54) is 11.1 Å². The zero-order valence-electron chi connectivity index (χ0n) is 13.7. The third-order valence-corrected chi connectivity index (χ3v) is 4.31. The van der Waals surface area contributed by atoms with E-state index in [1.807, 2.05) is 24.3 Å². The van der Waals surface area contributed by atoms with Gasteiger partial charge >= 0.3 is 0 Å². The molecule has 0 saturated heterocycles. The molecule has 3 rings (SSSR count). The van der Waals surface area contributed by atoms with E-state index in [-0.39, 0.29) is 6.04 Å².